The van der Waals surface area contributed by atoms with E-state index in [1.54, 1.807) is 24.3 Å². The fraction of sp³-hybridized carbons (Fsp3) is 0.400. The summed E-state index contributed by atoms with van der Waals surface area (Å²) in [6.45, 7) is 2.34. The van der Waals surface area contributed by atoms with E-state index in [0.29, 0.717) is 18.4 Å². The average Bonchev–Trinajstić information content (AvgIpc) is 3.15. The van der Waals surface area contributed by atoms with Gasteiger partial charge in [0.2, 0.25) is 11.8 Å². The van der Waals surface area contributed by atoms with Crippen LogP contribution in [0.15, 0.2) is 60.7 Å². The Morgan fingerprint density at radius 2 is 1.71 bits per heavy atom. The van der Waals surface area contributed by atoms with E-state index in [9.17, 15) is 19.5 Å². The fourth-order valence-electron chi connectivity index (χ4n) is 5.30. The fourth-order valence-corrected chi connectivity index (χ4v) is 7.20. The molecule has 2 amide bonds. The molecule has 9 heteroatoms. The molecule has 3 saturated heterocycles. The van der Waals surface area contributed by atoms with Gasteiger partial charge >= 0.3 is 5.97 Å². The van der Waals surface area contributed by atoms with Gasteiger partial charge in [-0.3, -0.25) is 14.5 Å². The number of nitrogens with two attached hydrogens (primary N) is 1. The maximum atomic E-state index is 13.0. The molecule has 3 aliphatic heterocycles. The number of nitrogens with zero attached hydrogens (tertiary/aromatic N) is 2. The summed E-state index contributed by atoms with van der Waals surface area (Å²) in [7, 11) is 0. The van der Waals surface area contributed by atoms with Gasteiger partial charge in [0.05, 0.1) is 4.75 Å². The molecule has 178 valence electrons. The molecule has 0 bridgehead atoms. The number of carbonyl (C=O) groups excluding carboxylic acids is 2. The SMILES string of the molecule is NC(C(=O)NC1C(=O)N2C(C(=O)O)C3(CCN(Cc4ccccc4)CC3)S[C@@H]12)c1ccccc1. The van der Waals surface area contributed by atoms with Crippen LogP contribution < -0.4 is 11.1 Å². The Morgan fingerprint density at radius 3 is 2.32 bits per heavy atom. The lowest BCUT2D eigenvalue weighted by atomic mass is 9.85. The van der Waals surface area contributed by atoms with Crippen molar-refractivity contribution in [3.05, 3.63) is 71.8 Å². The van der Waals surface area contributed by atoms with Crippen LogP contribution in [-0.2, 0) is 20.9 Å². The van der Waals surface area contributed by atoms with Crippen LogP contribution in [0.5, 0.6) is 0 Å². The first kappa shape index (κ1) is 22.9. The lowest BCUT2D eigenvalue weighted by Gasteiger charge is -2.44. The van der Waals surface area contributed by atoms with Crippen molar-refractivity contribution >= 4 is 29.5 Å². The molecule has 4 N–H and O–H groups in total. The summed E-state index contributed by atoms with van der Waals surface area (Å²) in [6, 6.07) is 16.7. The number of hydrogen-bond donors (Lipinski definition) is 3. The summed E-state index contributed by atoms with van der Waals surface area (Å²) in [5, 5.41) is 12.4. The number of carboxylic acid groups (broad SMARTS) is 1. The molecule has 3 unspecified atom stereocenters. The minimum Gasteiger partial charge on any atom is -0.480 e. The number of rotatable bonds is 6. The van der Waals surface area contributed by atoms with Crippen molar-refractivity contribution in [2.24, 2.45) is 5.73 Å². The number of fused-ring (bicyclic) bond motifs is 1. The highest BCUT2D eigenvalue weighted by atomic mass is 32.2. The van der Waals surface area contributed by atoms with E-state index >= 15 is 0 Å². The molecular weight excluding hydrogens is 452 g/mol. The number of thioether (sulfide) groups is 1. The first-order chi connectivity index (χ1) is 16.4. The first-order valence-corrected chi connectivity index (χ1v) is 12.4. The number of piperidine rings is 1. The third kappa shape index (κ3) is 3.97. The van der Waals surface area contributed by atoms with Crippen molar-refractivity contribution < 1.29 is 19.5 Å². The van der Waals surface area contributed by atoms with Gasteiger partial charge in [-0.2, -0.15) is 0 Å². The molecule has 34 heavy (non-hydrogen) atoms. The zero-order valence-electron chi connectivity index (χ0n) is 18.7. The van der Waals surface area contributed by atoms with E-state index in [-0.39, 0.29) is 11.3 Å². The highest BCUT2D eigenvalue weighted by Crippen LogP contribution is 2.55. The van der Waals surface area contributed by atoms with Crippen LogP contribution in [0.1, 0.15) is 30.0 Å². The summed E-state index contributed by atoms with van der Waals surface area (Å²) in [6.07, 6.45) is 1.35. The van der Waals surface area contributed by atoms with Crippen molar-refractivity contribution in [2.45, 2.75) is 47.6 Å². The topological polar surface area (TPSA) is 116 Å². The Kier molecular flexibility index (Phi) is 6.09. The quantitative estimate of drug-likeness (QED) is 0.538. The number of carboxylic acids is 1. The van der Waals surface area contributed by atoms with Crippen LogP contribution in [0.2, 0.25) is 0 Å². The predicted molar refractivity (Wildman–Crippen MR) is 129 cm³/mol. The van der Waals surface area contributed by atoms with E-state index in [1.807, 2.05) is 24.3 Å². The van der Waals surface area contributed by atoms with Gasteiger partial charge in [-0.1, -0.05) is 60.7 Å². The van der Waals surface area contributed by atoms with Crippen LogP contribution in [0.3, 0.4) is 0 Å². The van der Waals surface area contributed by atoms with E-state index in [0.717, 1.165) is 19.6 Å². The van der Waals surface area contributed by atoms with E-state index in [4.69, 9.17) is 5.73 Å². The number of β-lactam (4-membered cyclic amide) rings is 1. The minimum absolute atomic E-state index is 0.345. The summed E-state index contributed by atoms with van der Waals surface area (Å²) in [5.74, 6) is -1.76. The molecular formula is C25H28N4O4S. The monoisotopic (exact) mass is 480 g/mol. The average molecular weight is 481 g/mol. The molecule has 8 nitrogen and oxygen atoms in total. The largest absolute Gasteiger partial charge is 0.480 e. The zero-order valence-corrected chi connectivity index (χ0v) is 19.5. The van der Waals surface area contributed by atoms with Crippen LogP contribution >= 0.6 is 11.8 Å². The van der Waals surface area contributed by atoms with Crippen molar-refractivity contribution in [3.8, 4) is 0 Å². The zero-order chi connectivity index (χ0) is 23.9. The van der Waals surface area contributed by atoms with E-state index in [2.05, 4.69) is 22.3 Å². The molecule has 3 fully saturated rings. The number of hydrogen-bond acceptors (Lipinski definition) is 6. The van der Waals surface area contributed by atoms with Crippen LogP contribution in [0, 0.1) is 0 Å². The summed E-state index contributed by atoms with van der Waals surface area (Å²) in [5.41, 5.74) is 7.98. The molecule has 1 spiro atoms. The number of carbonyl (C=O) groups is 3. The van der Waals surface area contributed by atoms with Crippen molar-refractivity contribution in [3.63, 3.8) is 0 Å². The highest BCUT2D eigenvalue weighted by molar-refractivity contribution is 8.01. The van der Waals surface area contributed by atoms with Crippen molar-refractivity contribution in [1.29, 1.82) is 0 Å². The van der Waals surface area contributed by atoms with Gasteiger partial charge in [-0.25, -0.2) is 4.79 Å². The van der Waals surface area contributed by atoms with Gasteiger partial charge < -0.3 is 21.1 Å². The smallest absolute Gasteiger partial charge is 0.327 e. The Bertz CT molecular complexity index is 1070. The molecule has 2 aromatic carbocycles. The number of nitrogens with one attached hydrogen (secondary N) is 1. The normalized spacial score (nSPS) is 26.6. The molecule has 3 aliphatic rings. The molecule has 0 aromatic heterocycles. The number of amides is 2. The van der Waals surface area contributed by atoms with Gasteiger partial charge in [-0.05, 0) is 37.1 Å². The Morgan fingerprint density at radius 1 is 1.09 bits per heavy atom. The molecule has 4 atom stereocenters. The van der Waals surface area contributed by atoms with Gasteiger partial charge in [0.15, 0.2) is 0 Å². The molecule has 0 aliphatic carbocycles. The van der Waals surface area contributed by atoms with E-state index < -0.39 is 34.7 Å². The maximum absolute atomic E-state index is 13.0. The lowest BCUT2D eigenvalue weighted by Crippen LogP contribution is -2.71. The number of aliphatic carboxylic acids is 1. The first-order valence-electron chi connectivity index (χ1n) is 11.5. The predicted octanol–water partition coefficient (Wildman–Crippen LogP) is 1.57. The van der Waals surface area contributed by atoms with Gasteiger partial charge in [0.25, 0.3) is 0 Å². The van der Waals surface area contributed by atoms with Gasteiger partial charge in [0.1, 0.15) is 23.5 Å². The van der Waals surface area contributed by atoms with Gasteiger partial charge in [-0.15, -0.1) is 11.8 Å². The van der Waals surface area contributed by atoms with Crippen LogP contribution in [0.25, 0.3) is 0 Å². The molecule has 0 saturated carbocycles. The minimum atomic E-state index is -0.981. The van der Waals surface area contributed by atoms with Crippen molar-refractivity contribution in [1.82, 2.24) is 15.1 Å². The molecule has 0 radical (unpaired) electrons. The summed E-state index contributed by atoms with van der Waals surface area (Å²) < 4.78 is -0.555. The third-order valence-corrected chi connectivity index (χ3v) is 8.98. The lowest BCUT2D eigenvalue weighted by molar-refractivity contribution is -0.162. The van der Waals surface area contributed by atoms with Crippen LogP contribution in [-0.4, -0.2) is 68.0 Å². The maximum Gasteiger partial charge on any atom is 0.327 e. The van der Waals surface area contributed by atoms with Gasteiger partial charge in [0, 0.05) is 6.54 Å². The second-order valence-electron chi connectivity index (χ2n) is 9.20. The summed E-state index contributed by atoms with van der Waals surface area (Å²) >= 11 is 1.53. The number of benzene rings is 2. The van der Waals surface area contributed by atoms with E-state index in [1.165, 1.54) is 22.2 Å². The highest BCUT2D eigenvalue weighted by Gasteiger charge is 2.67. The Labute approximate surface area is 202 Å². The third-order valence-electron chi connectivity index (χ3n) is 7.14. The molecule has 2 aromatic rings. The number of likely N-dealkylation sites (tertiary alicyclic amines) is 1. The van der Waals surface area contributed by atoms with Crippen LogP contribution in [0.4, 0.5) is 0 Å². The Balaban J connectivity index is 1.26. The molecule has 5 rings (SSSR count). The standard InChI is InChI=1S/C25H28N4O4S/c26-18(17-9-5-2-6-10-17)21(30)27-19-22(31)29-20(24(32)33)25(34-23(19)29)11-13-28(14-12-25)15-16-7-3-1-4-8-16/h1-10,18-20,23H,11-15,26H2,(H,27,30)(H,32,33)/t18?,19?,20?,23-/m0/s1. The summed E-state index contributed by atoms with van der Waals surface area (Å²) in [4.78, 5) is 41.8. The second kappa shape index (κ2) is 9.05. The molecule has 3 heterocycles. The second-order valence-corrected chi connectivity index (χ2v) is 10.7. The Hall–Kier alpha value is -2.88. The van der Waals surface area contributed by atoms with Crippen molar-refractivity contribution in [2.75, 3.05) is 13.1 Å².